The molecule has 15 heavy (non-hydrogen) atoms. The van der Waals surface area contributed by atoms with Crippen LogP contribution in [0, 0.1) is 5.82 Å². The van der Waals surface area contributed by atoms with E-state index in [9.17, 15) is 14.0 Å². The van der Waals surface area contributed by atoms with Crippen LogP contribution in [-0.2, 0) is 4.79 Å². The summed E-state index contributed by atoms with van der Waals surface area (Å²) in [6.07, 6.45) is 0. The van der Waals surface area contributed by atoms with E-state index in [1.54, 1.807) is 0 Å². The third-order valence-corrected chi connectivity index (χ3v) is 2.42. The molecule has 0 atom stereocenters. The lowest BCUT2D eigenvalue weighted by atomic mass is 10.1. The maximum absolute atomic E-state index is 13.4. The van der Waals surface area contributed by atoms with E-state index in [4.69, 9.17) is 11.6 Å². The molecule has 78 valence electrons. The number of hydrogen-bond donors (Lipinski definition) is 0. The van der Waals surface area contributed by atoms with Gasteiger partial charge in [0, 0.05) is 12.4 Å². The first-order valence-electron chi connectivity index (χ1n) is 4.37. The van der Waals surface area contributed by atoms with Crippen molar-refractivity contribution in [1.29, 1.82) is 0 Å². The second-order valence-corrected chi connectivity index (χ2v) is 3.49. The number of anilines is 1. The van der Waals surface area contributed by atoms with Crippen molar-refractivity contribution in [2.45, 2.75) is 0 Å². The molecule has 0 aromatic heterocycles. The second kappa shape index (κ2) is 3.62. The Kier molecular flexibility index (Phi) is 2.44. The summed E-state index contributed by atoms with van der Waals surface area (Å²) < 4.78 is 13.4. The number of carbonyl (C=O) groups is 2. The molecule has 1 aliphatic heterocycles. The molecular weight excluding hydrogens is 221 g/mol. The summed E-state index contributed by atoms with van der Waals surface area (Å²) in [4.78, 5) is 24.0. The topological polar surface area (TPSA) is 37.4 Å². The lowest BCUT2D eigenvalue weighted by Gasteiger charge is -2.14. The third kappa shape index (κ3) is 1.41. The fourth-order valence-corrected chi connectivity index (χ4v) is 1.78. The Morgan fingerprint density at radius 1 is 1.33 bits per heavy atom. The van der Waals surface area contributed by atoms with Gasteiger partial charge in [0.25, 0.3) is 11.7 Å². The SMILES string of the molecule is O=C1C(=O)N(CCCl)c2c(F)cccc21. The van der Waals surface area contributed by atoms with Gasteiger partial charge in [-0.25, -0.2) is 4.39 Å². The summed E-state index contributed by atoms with van der Waals surface area (Å²) in [6.45, 7) is 0.139. The lowest BCUT2D eigenvalue weighted by Crippen LogP contribution is -2.31. The highest BCUT2D eigenvalue weighted by molar-refractivity contribution is 6.52. The molecule has 1 aromatic rings. The first-order chi connectivity index (χ1) is 7.16. The Hall–Kier alpha value is -1.42. The molecule has 0 aliphatic carbocycles. The molecule has 3 nitrogen and oxygen atoms in total. The molecule has 0 saturated heterocycles. The molecule has 0 radical (unpaired) electrons. The van der Waals surface area contributed by atoms with Crippen LogP contribution in [0.4, 0.5) is 10.1 Å². The molecule has 0 unspecified atom stereocenters. The quantitative estimate of drug-likeness (QED) is 0.568. The number of alkyl halides is 1. The van der Waals surface area contributed by atoms with Crippen molar-refractivity contribution >= 4 is 29.0 Å². The summed E-state index contributed by atoms with van der Waals surface area (Å²) in [5.74, 6) is -1.80. The van der Waals surface area contributed by atoms with Crippen LogP contribution in [0.2, 0.25) is 0 Å². The van der Waals surface area contributed by atoms with Gasteiger partial charge in [0.05, 0.1) is 11.3 Å². The molecule has 1 amide bonds. The Bertz CT molecular complexity index is 447. The standard InChI is InChI=1S/C10H7ClFNO2/c11-4-5-13-8-6(9(14)10(13)15)2-1-3-7(8)12/h1-3H,4-5H2. The highest BCUT2D eigenvalue weighted by atomic mass is 35.5. The average molecular weight is 228 g/mol. The van der Waals surface area contributed by atoms with Crippen molar-refractivity contribution in [2.75, 3.05) is 17.3 Å². The van der Waals surface area contributed by atoms with Crippen molar-refractivity contribution < 1.29 is 14.0 Å². The van der Waals surface area contributed by atoms with Gasteiger partial charge >= 0.3 is 0 Å². The van der Waals surface area contributed by atoms with E-state index in [0.29, 0.717) is 0 Å². The number of benzene rings is 1. The molecule has 5 heteroatoms. The van der Waals surface area contributed by atoms with Gasteiger partial charge in [0.2, 0.25) is 0 Å². The number of hydrogen-bond acceptors (Lipinski definition) is 2. The van der Waals surface area contributed by atoms with Gasteiger partial charge in [0.15, 0.2) is 0 Å². The molecule has 0 saturated carbocycles. The predicted octanol–water partition coefficient (Wildman–Crippen LogP) is 1.59. The van der Waals surface area contributed by atoms with Gasteiger partial charge in [-0.2, -0.15) is 0 Å². The van der Waals surface area contributed by atoms with Gasteiger partial charge in [-0.05, 0) is 12.1 Å². The maximum atomic E-state index is 13.4. The number of nitrogens with zero attached hydrogens (tertiary/aromatic N) is 1. The van der Waals surface area contributed by atoms with Crippen LogP contribution in [-0.4, -0.2) is 24.1 Å². The molecule has 1 heterocycles. The smallest absolute Gasteiger partial charge is 0.299 e. The number of Topliss-reactive ketones (excluding diaryl/α,β-unsaturated/α-hetero) is 1. The Labute approximate surface area is 90.4 Å². The van der Waals surface area contributed by atoms with Crippen LogP contribution >= 0.6 is 11.6 Å². The van der Waals surface area contributed by atoms with E-state index in [2.05, 4.69) is 0 Å². The largest absolute Gasteiger partial charge is 0.301 e. The Morgan fingerprint density at radius 2 is 2.07 bits per heavy atom. The summed E-state index contributed by atoms with van der Waals surface area (Å²) in [5.41, 5.74) is 0.165. The Morgan fingerprint density at radius 3 is 2.73 bits per heavy atom. The van der Waals surface area contributed by atoms with Gasteiger partial charge in [-0.3, -0.25) is 9.59 Å². The zero-order valence-corrected chi connectivity index (χ0v) is 8.42. The maximum Gasteiger partial charge on any atom is 0.299 e. The summed E-state index contributed by atoms with van der Waals surface area (Å²) in [7, 11) is 0. The molecule has 0 fully saturated rings. The number of carbonyl (C=O) groups excluding carboxylic acids is 2. The minimum atomic E-state index is -0.712. The minimum absolute atomic E-state index is 0.0492. The number of fused-ring (bicyclic) bond motifs is 1. The van der Waals surface area contributed by atoms with Crippen LogP contribution in [0.5, 0.6) is 0 Å². The van der Waals surface area contributed by atoms with E-state index in [-0.39, 0.29) is 23.7 Å². The van der Waals surface area contributed by atoms with E-state index in [1.807, 2.05) is 0 Å². The fourth-order valence-electron chi connectivity index (χ4n) is 1.61. The fraction of sp³-hybridized carbons (Fsp3) is 0.200. The minimum Gasteiger partial charge on any atom is -0.301 e. The predicted molar refractivity (Wildman–Crippen MR) is 53.8 cm³/mol. The van der Waals surface area contributed by atoms with E-state index in [0.717, 1.165) is 4.90 Å². The van der Waals surface area contributed by atoms with Crippen molar-refractivity contribution in [3.8, 4) is 0 Å². The third-order valence-electron chi connectivity index (χ3n) is 2.25. The first kappa shape index (κ1) is 10.1. The molecule has 0 bridgehead atoms. The van der Waals surface area contributed by atoms with Crippen molar-refractivity contribution in [2.24, 2.45) is 0 Å². The van der Waals surface area contributed by atoms with Crippen molar-refractivity contribution in [3.05, 3.63) is 29.6 Å². The highest BCUT2D eigenvalue weighted by Gasteiger charge is 2.37. The van der Waals surface area contributed by atoms with E-state index in [1.165, 1.54) is 18.2 Å². The molecular formula is C10H7ClFNO2. The van der Waals surface area contributed by atoms with Crippen LogP contribution in [0.25, 0.3) is 0 Å². The zero-order chi connectivity index (χ0) is 11.0. The number of para-hydroxylation sites is 1. The highest BCUT2D eigenvalue weighted by Crippen LogP contribution is 2.31. The molecule has 0 N–H and O–H groups in total. The van der Waals surface area contributed by atoms with Crippen LogP contribution in [0.15, 0.2) is 18.2 Å². The van der Waals surface area contributed by atoms with Crippen LogP contribution in [0.1, 0.15) is 10.4 Å². The van der Waals surface area contributed by atoms with E-state index >= 15 is 0 Å². The monoisotopic (exact) mass is 227 g/mol. The van der Waals surface area contributed by atoms with E-state index < -0.39 is 17.5 Å². The second-order valence-electron chi connectivity index (χ2n) is 3.11. The Balaban J connectivity index is 2.56. The normalized spacial score (nSPS) is 14.7. The van der Waals surface area contributed by atoms with Crippen LogP contribution in [0.3, 0.4) is 0 Å². The summed E-state index contributed by atoms with van der Waals surface area (Å²) in [6, 6.07) is 4.06. The average Bonchev–Trinajstić information content (AvgIpc) is 2.46. The lowest BCUT2D eigenvalue weighted by molar-refractivity contribution is -0.114. The van der Waals surface area contributed by atoms with Gasteiger partial charge in [0.1, 0.15) is 5.82 Å². The number of ketones is 1. The van der Waals surface area contributed by atoms with Crippen molar-refractivity contribution in [3.63, 3.8) is 0 Å². The van der Waals surface area contributed by atoms with Gasteiger partial charge < -0.3 is 4.90 Å². The van der Waals surface area contributed by atoms with Crippen molar-refractivity contribution in [1.82, 2.24) is 0 Å². The summed E-state index contributed by atoms with van der Waals surface area (Å²) >= 11 is 5.49. The number of amides is 1. The number of rotatable bonds is 2. The first-order valence-corrected chi connectivity index (χ1v) is 4.91. The van der Waals surface area contributed by atoms with Gasteiger partial charge in [-0.15, -0.1) is 11.6 Å². The molecule has 1 aromatic carbocycles. The number of halogens is 2. The summed E-state index contributed by atoms with van der Waals surface area (Å²) in [5, 5.41) is 0. The van der Waals surface area contributed by atoms with Crippen LogP contribution < -0.4 is 4.90 Å². The molecule has 0 spiro atoms. The molecule has 1 aliphatic rings. The van der Waals surface area contributed by atoms with Gasteiger partial charge in [-0.1, -0.05) is 6.07 Å². The zero-order valence-electron chi connectivity index (χ0n) is 7.67. The molecule has 2 rings (SSSR count).